The largest absolute Gasteiger partial charge is 0.311 e. The van der Waals surface area contributed by atoms with Crippen LogP contribution in [0, 0.1) is 5.92 Å². The predicted molar refractivity (Wildman–Crippen MR) is 88.0 cm³/mol. The molecule has 1 aromatic rings. The maximum absolute atomic E-state index is 6.18. The van der Waals surface area contributed by atoms with Gasteiger partial charge in [0.1, 0.15) is 0 Å². The molecule has 112 valence electrons. The van der Waals surface area contributed by atoms with Crippen molar-refractivity contribution in [2.45, 2.75) is 26.3 Å². The van der Waals surface area contributed by atoms with Crippen molar-refractivity contribution in [2.75, 3.05) is 26.2 Å². The number of hydrogen-bond acceptors (Lipinski definition) is 2. The Labute approximate surface area is 136 Å². The number of hydrogen-bond donors (Lipinski definition) is 1. The van der Waals surface area contributed by atoms with Gasteiger partial charge in [-0.05, 0) is 44.0 Å². The summed E-state index contributed by atoms with van der Waals surface area (Å²) in [6, 6.07) is 3.52. The number of halogens is 3. The highest BCUT2D eigenvalue weighted by Gasteiger charge is 2.15. The molecule has 1 aromatic carbocycles. The first-order valence-corrected chi connectivity index (χ1v) is 8.26. The van der Waals surface area contributed by atoms with Crippen LogP contribution in [-0.4, -0.2) is 31.1 Å². The molecule has 1 heterocycles. The minimum absolute atomic E-state index is 0.554. The van der Waals surface area contributed by atoms with Gasteiger partial charge in [0, 0.05) is 30.2 Å². The zero-order valence-corrected chi connectivity index (χ0v) is 14.0. The van der Waals surface area contributed by atoms with Crippen molar-refractivity contribution in [3.63, 3.8) is 0 Å². The number of likely N-dealkylation sites (tertiary alicyclic amines) is 1. The van der Waals surface area contributed by atoms with E-state index in [4.69, 9.17) is 34.8 Å². The molecule has 0 saturated carbocycles. The SMILES string of the molecule is CC1CCN(CCNCc2c(Cl)ccc(Cl)c2Cl)CC1. The Morgan fingerprint density at radius 1 is 1.15 bits per heavy atom. The lowest BCUT2D eigenvalue weighted by Crippen LogP contribution is -2.37. The van der Waals surface area contributed by atoms with Gasteiger partial charge in [-0.15, -0.1) is 0 Å². The summed E-state index contributed by atoms with van der Waals surface area (Å²) in [6.45, 7) is 7.42. The van der Waals surface area contributed by atoms with E-state index in [9.17, 15) is 0 Å². The Balaban J connectivity index is 1.75. The maximum Gasteiger partial charge on any atom is 0.0652 e. The smallest absolute Gasteiger partial charge is 0.0652 e. The minimum Gasteiger partial charge on any atom is -0.311 e. The Morgan fingerprint density at radius 2 is 1.80 bits per heavy atom. The fraction of sp³-hybridized carbons (Fsp3) is 0.600. The highest BCUT2D eigenvalue weighted by Crippen LogP contribution is 2.31. The minimum atomic E-state index is 0.554. The van der Waals surface area contributed by atoms with Gasteiger partial charge in [-0.2, -0.15) is 0 Å². The van der Waals surface area contributed by atoms with Gasteiger partial charge in [0.2, 0.25) is 0 Å². The fourth-order valence-electron chi connectivity index (χ4n) is 2.47. The Hall–Kier alpha value is 0.01000. The standard InChI is InChI=1S/C15H21Cl3N2/c1-11-4-7-20(8-5-11)9-6-19-10-12-13(16)2-3-14(17)15(12)18/h2-3,11,19H,4-10H2,1H3. The van der Waals surface area contributed by atoms with Crippen molar-refractivity contribution in [1.29, 1.82) is 0 Å². The second-order valence-corrected chi connectivity index (χ2v) is 6.72. The van der Waals surface area contributed by atoms with Crippen LogP contribution in [0.4, 0.5) is 0 Å². The molecule has 1 N–H and O–H groups in total. The highest BCUT2D eigenvalue weighted by atomic mass is 35.5. The summed E-state index contributed by atoms with van der Waals surface area (Å²) in [4.78, 5) is 2.51. The van der Waals surface area contributed by atoms with E-state index in [1.807, 2.05) is 0 Å². The zero-order chi connectivity index (χ0) is 14.5. The highest BCUT2D eigenvalue weighted by molar-refractivity contribution is 6.44. The summed E-state index contributed by atoms with van der Waals surface area (Å²) in [5.41, 5.74) is 0.882. The van der Waals surface area contributed by atoms with Crippen LogP contribution in [0.25, 0.3) is 0 Å². The topological polar surface area (TPSA) is 15.3 Å². The van der Waals surface area contributed by atoms with Crippen LogP contribution in [0.2, 0.25) is 15.1 Å². The summed E-state index contributed by atoms with van der Waals surface area (Å²) < 4.78 is 0. The summed E-state index contributed by atoms with van der Waals surface area (Å²) in [6.07, 6.45) is 2.62. The lowest BCUT2D eigenvalue weighted by Gasteiger charge is -2.30. The van der Waals surface area contributed by atoms with Crippen molar-refractivity contribution in [1.82, 2.24) is 10.2 Å². The van der Waals surface area contributed by atoms with Crippen LogP contribution in [0.1, 0.15) is 25.3 Å². The van der Waals surface area contributed by atoms with Gasteiger partial charge in [-0.25, -0.2) is 0 Å². The Morgan fingerprint density at radius 3 is 2.50 bits per heavy atom. The van der Waals surface area contributed by atoms with Gasteiger partial charge in [0.25, 0.3) is 0 Å². The first kappa shape index (κ1) is 16.4. The van der Waals surface area contributed by atoms with E-state index in [-0.39, 0.29) is 0 Å². The van der Waals surface area contributed by atoms with E-state index >= 15 is 0 Å². The van der Waals surface area contributed by atoms with Crippen LogP contribution in [0.5, 0.6) is 0 Å². The maximum atomic E-state index is 6.18. The van der Waals surface area contributed by atoms with Crippen molar-refractivity contribution < 1.29 is 0 Å². The molecule has 2 nitrogen and oxygen atoms in total. The van der Waals surface area contributed by atoms with Gasteiger partial charge in [0.15, 0.2) is 0 Å². The van der Waals surface area contributed by atoms with Gasteiger partial charge >= 0.3 is 0 Å². The van der Waals surface area contributed by atoms with Crippen LogP contribution in [0.3, 0.4) is 0 Å². The molecule has 20 heavy (non-hydrogen) atoms. The molecule has 0 spiro atoms. The van der Waals surface area contributed by atoms with E-state index in [0.717, 1.165) is 24.6 Å². The number of benzene rings is 1. The number of nitrogens with one attached hydrogen (secondary N) is 1. The van der Waals surface area contributed by atoms with E-state index < -0.39 is 0 Å². The zero-order valence-electron chi connectivity index (χ0n) is 11.8. The summed E-state index contributed by atoms with van der Waals surface area (Å²) >= 11 is 18.3. The number of rotatable bonds is 5. The van der Waals surface area contributed by atoms with Gasteiger partial charge in [-0.1, -0.05) is 41.7 Å². The molecule has 0 radical (unpaired) electrons. The molecule has 2 rings (SSSR count). The molecular weight excluding hydrogens is 315 g/mol. The van der Waals surface area contributed by atoms with Gasteiger partial charge in [-0.3, -0.25) is 0 Å². The first-order chi connectivity index (χ1) is 9.58. The summed E-state index contributed by atoms with van der Waals surface area (Å²) in [7, 11) is 0. The third-order valence-electron chi connectivity index (χ3n) is 3.92. The first-order valence-electron chi connectivity index (χ1n) is 7.13. The molecule has 5 heteroatoms. The lowest BCUT2D eigenvalue weighted by atomic mass is 9.99. The third kappa shape index (κ3) is 4.51. The average molecular weight is 336 g/mol. The van der Waals surface area contributed by atoms with Gasteiger partial charge < -0.3 is 10.2 Å². The molecule has 0 aliphatic carbocycles. The molecule has 0 atom stereocenters. The molecule has 1 fully saturated rings. The van der Waals surface area contributed by atoms with Crippen molar-refractivity contribution >= 4 is 34.8 Å². The molecule has 0 amide bonds. The normalized spacial score (nSPS) is 17.6. The fourth-order valence-corrected chi connectivity index (χ4v) is 3.15. The van der Waals surface area contributed by atoms with E-state index in [0.29, 0.717) is 21.6 Å². The van der Waals surface area contributed by atoms with Crippen LogP contribution in [0.15, 0.2) is 12.1 Å². The van der Waals surface area contributed by atoms with Crippen LogP contribution < -0.4 is 5.32 Å². The van der Waals surface area contributed by atoms with E-state index in [1.54, 1.807) is 12.1 Å². The quantitative estimate of drug-likeness (QED) is 0.631. The summed E-state index contributed by atoms with van der Waals surface area (Å²) in [5.74, 6) is 0.878. The molecular formula is C15H21Cl3N2. The average Bonchev–Trinajstić information content (AvgIpc) is 2.44. The van der Waals surface area contributed by atoms with Crippen molar-refractivity contribution in [3.8, 4) is 0 Å². The Bertz CT molecular complexity index is 443. The third-order valence-corrected chi connectivity index (χ3v) is 5.12. The second-order valence-electron chi connectivity index (χ2n) is 5.52. The van der Waals surface area contributed by atoms with E-state index in [2.05, 4.69) is 17.1 Å². The molecule has 1 saturated heterocycles. The second kappa shape index (κ2) is 7.86. The number of nitrogens with zero attached hydrogens (tertiary/aromatic N) is 1. The predicted octanol–water partition coefficient (Wildman–Crippen LogP) is 4.47. The Kier molecular flexibility index (Phi) is 6.44. The molecule has 0 aromatic heterocycles. The van der Waals surface area contributed by atoms with E-state index in [1.165, 1.54) is 25.9 Å². The molecule has 0 unspecified atom stereocenters. The summed E-state index contributed by atoms with van der Waals surface area (Å²) in [5, 5.41) is 5.17. The van der Waals surface area contributed by atoms with Crippen molar-refractivity contribution in [2.24, 2.45) is 5.92 Å². The monoisotopic (exact) mass is 334 g/mol. The van der Waals surface area contributed by atoms with Crippen LogP contribution in [-0.2, 0) is 6.54 Å². The lowest BCUT2D eigenvalue weighted by molar-refractivity contribution is 0.193. The molecule has 1 aliphatic rings. The van der Waals surface area contributed by atoms with Crippen LogP contribution >= 0.6 is 34.8 Å². The molecule has 0 bridgehead atoms. The molecule has 1 aliphatic heterocycles. The van der Waals surface area contributed by atoms with Gasteiger partial charge in [0.05, 0.1) is 10.0 Å². The van der Waals surface area contributed by atoms with Crippen molar-refractivity contribution in [3.05, 3.63) is 32.8 Å². The number of piperidine rings is 1.